The van der Waals surface area contributed by atoms with Gasteiger partial charge in [0.2, 0.25) is 0 Å². The molecule has 0 aromatic heterocycles. The number of benzene rings is 2. The van der Waals surface area contributed by atoms with Gasteiger partial charge in [-0.2, -0.15) is 0 Å². The van der Waals surface area contributed by atoms with Crippen molar-refractivity contribution in [2.75, 3.05) is 13.2 Å². The quantitative estimate of drug-likeness (QED) is 0.427. The van der Waals surface area contributed by atoms with Gasteiger partial charge >= 0.3 is 11.9 Å². The summed E-state index contributed by atoms with van der Waals surface area (Å²) in [4.78, 5) is 29.8. The normalized spacial score (nSPS) is 25.8. The number of hydrogen-bond acceptors (Lipinski definition) is 5. The molecular weight excluding hydrogens is 462 g/mol. The van der Waals surface area contributed by atoms with E-state index in [4.69, 9.17) is 21.1 Å². The largest absolute Gasteiger partial charge is 0.465 e. The Morgan fingerprint density at radius 3 is 1.94 bits per heavy atom. The number of ether oxygens (including phenoxy) is 2. The first kappa shape index (κ1) is 25.1. The molecule has 1 saturated heterocycles. The molecule has 35 heavy (non-hydrogen) atoms. The molecule has 0 spiro atoms. The van der Waals surface area contributed by atoms with E-state index in [1.165, 1.54) is 0 Å². The number of halogens is 1. The molecule has 2 atom stereocenters. The fourth-order valence-corrected chi connectivity index (χ4v) is 6.26. The highest BCUT2D eigenvalue weighted by atomic mass is 35.5. The molecule has 6 heteroatoms. The average Bonchev–Trinajstić information content (AvgIpc) is 2.86. The number of rotatable bonds is 7. The number of fused-ring (bicyclic) bond motifs is 2. The monoisotopic (exact) mass is 493 g/mol. The van der Waals surface area contributed by atoms with Gasteiger partial charge in [-0.1, -0.05) is 79.7 Å². The lowest BCUT2D eigenvalue weighted by atomic mass is 9.47. The van der Waals surface area contributed by atoms with E-state index in [-0.39, 0.29) is 13.2 Å². The number of carbonyl (C=O) groups is 2. The second kappa shape index (κ2) is 9.90. The van der Waals surface area contributed by atoms with Crippen LogP contribution in [0.15, 0.2) is 79.1 Å². The third-order valence-electron chi connectivity index (χ3n) is 7.49. The van der Waals surface area contributed by atoms with Gasteiger partial charge in [-0.05, 0) is 43.9 Å². The Hall–Kier alpha value is -3.05. The Kier molecular flexibility index (Phi) is 7.09. The second-order valence-corrected chi connectivity index (χ2v) is 9.56. The summed E-state index contributed by atoms with van der Waals surface area (Å²) in [5.41, 5.74) is 0.492. The third kappa shape index (κ3) is 3.86. The Morgan fingerprint density at radius 1 is 0.914 bits per heavy atom. The van der Waals surface area contributed by atoms with Crippen LogP contribution in [0.2, 0.25) is 5.02 Å². The topological polar surface area (TPSA) is 55.8 Å². The molecule has 5 nitrogen and oxygen atoms in total. The van der Waals surface area contributed by atoms with Crippen LogP contribution in [0.5, 0.6) is 0 Å². The Bertz CT molecular complexity index is 1100. The number of likely N-dealkylation sites (tertiary alicyclic amines) is 1. The maximum Gasteiger partial charge on any atom is 0.318 e. The predicted octanol–water partition coefficient (Wildman–Crippen LogP) is 6.25. The summed E-state index contributed by atoms with van der Waals surface area (Å²) in [6, 6.07) is 17.3. The first-order chi connectivity index (χ1) is 16.8. The van der Waals surface area contributed by atoms with Gasteiger partial charge in [0, 0.05) is 28.9 Å². The maximum atomic E-state index is 13.9. The van der Waals surface area contributed by atoms with Crippen molar-refractivity contribution in [2.24, 2.45) is 10.8 Å². The van der Waals surface area contributed by atoms with Crippen molar-refractivity contribution in [3.05, 3.63) is 95.3 Å². The lowest BCUT2D eigenvalue weighted by molar-refractivity contribution is -0.174. The van der Waals surface area contributed by atoms with E-state index < -0.39 is 28.7 Å². The molecule has 2 bridgehead atoms. The van der Waals surface area contributed by atoms with E-state index in [1.807, 2.05) is 53.4 Å². The highest BCUT2D eigenvalue weighted by molar-refractivity contribution is 6.31. The zero-order valence-corrected chi connectivity index (χ0v) is 21.1. The molecular formula is C29H32ClNO4. The van der Waals surface area contributed by atoms with Crippen LogP contribution in [0.25, 0.3) is 0 Å². The molecule has 1 aliphatic carbocycles. The molecule has 2 aromatic carbocycles. The Balaban J connectivity index is 2.00. The molecule has 2 unspecified atom stereocenters. The van der Waals surface area contributed by atoms with Crippen LogP contribution in [0.3, 0.4) is 0 Å². The Morgan fingerprint density at radius 2 is 1.43 bits per heavy atom. The van der Waals surface area contributed by atoms with Gasteiger partial charge in [0.25, 0.3) is 0 Å². The molecule has 2 fully saturated rings. The second-order valence-electron chi connectivity index (χ2n) is 9.16. The Labute approximate surface area is 212 Å². The molecule has 0 N–H and O–H groups in total. The lowest BCUT2D eigenvalue weighted by Gasteiger charge is -2.61. The summed E-state index contributed by atoms with van der Waals surface area (Å²) in [5, 5.41) is 0.485. The van der Waals surface area contributed by atoms with E-state index >= 15 is 0 Å². The molecule has 1 heterocycles. The summed E-state index contributed by atoms with van der Waals surface area (Å²) in [6.45, 7) is 13.3. The third-order valence-corrected chi connectivity index (χ3v) is 7.83. The van der Waals surface area contributed by atoms with Gasteiger partial charge in [-0.25, -0.2) is 0 Å². The van der Waals surface area contributed by atoms with Crippen LogP contribution in [0, 0.1) is 10.8 Å². The van der Waals surface area contributed by atoms with E-state index in [0.29, 0.717) is 47.8 Å². The molecule has 0 radical (unpaired) electrons. The first-order valence-electron chi connectivity index (χ1n) is 12.1. The van der Waals surface area contributed by atoms with E-state index in [2.05, 4.69) is 13.2 Å². The average molecular weight is 494 g/mol. The van der Waals surface area contributed by atoms with Gasteiger partial charge < -0.3 is 14.4 Å². The summed E-state index contributed by atoms with van der Waals surface area (Å²) in [5.74, 6) is -1.44. The van der Waals surface area contributed by atoms with E-state index in [0.717, 1.165) is 5.56 Å². The molecule has 1 saturated carbocycles. The van der Waals surface area contributed by atoms with Crippen LogP contribution in [-0.2, 0) is 25.6 Å². The van der Waals surface area contributed by atoms with Gasteiger partial charge in [0.1, 0.15) is 10.8 Å². The number of piperidine rings is 1. The summed E-state index contributed by atoms with van der Waals surface area (Å²) in [6.07, 6.45) is 1.59. The number of hydrogen-bond donors (Lipinski definition) is 0. The smallest absolute Gasteiger partial charge is 0.318 e. The van der Waals surface area contributed by atoms with Gasteiger partial charge in [-0.15, -0.1) is 0 Å². The van der Waals surface area contributed by atoms with Crippen molar-refractivity contribution >= 4 is 23.5 Å². The van der Waals surface area contributed by atoms with Gasteiger partial charge in [-0.3, -0.25) is 9.59 Å². The van der Waals surface area contributed by atoms with Crippen molar-refractivity contribution in [3.8, 4) is 0 Å². The highest BCUT2D eigenvalue weighted by Gasteiger charge is 2.69. The fourth-order valence-electron chi connectivity index (χ4n) is 6.01. The van der Waals surface area contributed by atoms with E-state index in [1.54, 1.807) is 19.9 Å². The number of nitrogens with zero attached hydrogens (tertiary/aromatic N) is 1. The minimum atomic E-state index is -1.19. The first-order valence-corrected chi connectivity index (χ1v) is 12.5. The van der Waals surface area contributed by atoms with Crippen LogP contribution in [-0.4, -0.2) is 30.1 Å². The van der Waals surface area contributed by atoms with Crippen LogP contribution in [0.1, 0.15) is 50.2 Å². The number of esters is 2. The van der Waals surface area contributed by atoms with Gasteiger partial charge in [0.05, 0.1) is 13.2 Å². The SMILES string of the molecule is C=C1N(Cc2ccccc2)C(=C)C2(C(=O)OCC)CCCC1(C(=O)OCC)C2c1ccccc1Cl. The molecule has 184 valence electrons. The summed E-state index contributed by atoms with van der Waals surface area (Å²) >= 11 is 6.74. The van der Waals surface area contributed by atoms with Crippen molar-refractivity contribution in [1.82, 2.24) is 4.90 Å². The maximum absolute atomic E-state index is 13.9. The fraction of sp³-hybridized carbons (Fsp3) is 0.379. The summed E-state index contributed by atoms with van der Waals surface area (Å²) in [7, 11) is 0. The molecule has 1 aliphatic heterocycles. The molecule has 2 aromatic rings. The molecule has 2 aliphatic rings. The van der Waals surface area contributed by atoms with Gasteiger partial charge in [0.15, 0.2) is 0 Å². The highest BCUT2D eigenvalue weighted by Crippen LogP contribution is 2.68. The predicted molar refractivity (Wildman–Crippen MR) is 136 cm³/mol. The van der Waals surface area contributed by atoms with Crippen LogP contribution in [0.4, 0.5) is 0 Å². The van der Waals surface area contributed by atoms with Crippen molar-refractivity contribution in [3.63, 3.8) is 0 Å². The molecule has 0 amide bonds. The molecule has 4 rings (SSSR count). The minimum absolute atomic E-state index is 0.217. The minimum Gasteiger partial charge on any atom is -0.465 e. The lowest BCUT2D eigenvalue weighted by Crippen LogP contribution is -2.62. The zero-order chi connectivity index (χ0) is 25.2. The summed E-state index contributed by atoms with van der Waals surface area (Å²) < 4.78 is 11.4. The van der Waals surface area contributed by atoms with Crippen molar-refractivity contribution in [2.45, 2.75) is 45.6 Å². The van der Waals surface area contributed by atoms with Crippen molar-refractivity contribution in [1.29, 1.82) is 0 Å². The number of carbonyl (C=O) groups excluding carboxylic acids is 2. The van der Waals surface area contributed by atoms with Crippen LogP contribution < -0.4 is 0 Å². The van der Waals surface area contributed by atoms with Crippen molar-refractivity contribution < 1.29 is 19.1 Å². The zero-order valence-electron chi connectivity index (χ0n) is 20.4. The van der Waals surface area contributed by atoms with Crippen LogP contribution >= 0.6 is 11.6 Å². The van der Waals surface area contributed by atoms with E-state index in [9.17, 15) is 9.59 Å². The standard InChI is InChI=1S/C29H32ClNO4/c1-5-34-26(32)28-17-12-18-29(27(33)35-6-2,25(28)23-15-10-11-16-24(23)30)21(4)31(20(28)3)19-22-13-8-7-9-14-22/h7-11,13-16,25H,3-6,12,17-19H2,1-2H3.